The summed E-state index contributed by atoms with van der Waals surface area (Å²) in [6, 6.07) is 17.6. The van der Waals surface area contributed by atoms with E-state index in [0.29, 0.717) is 30.7 Å². The highest BCUT2D eigenvalue weighted by molar-refractivity contribution is 7.90. The molecule has 0 aliphatic rings. The van der Waals surface area contributed by atoms with Crippen LogP contribution in [0.25, 0.3) is 10.9 Å². The largest absolute Gasteiger partial charge is 0.496 e. The second-order valence-corrected chi connectivity index (χ2v) is 11.5. The molecule has 4 rings (SSSR count). The molecule has 3 aromatic carbocycles. The quantitative estimate of drug-likeness (QED) is 0.320. The Hall–Kier alpha value is -4.31. The number of fused-ring (bicyclic) bond motifs is 1. The number of aromatic nitrogens is 1. The zero-order chi connectivity index (χ0) is 29.0. The Balaban J connectivity index is 1.55. The Morgan fingerprint density at radius 3 is 2.45 bits per heavy atom. The van der Waals surface area contributed by atoms with Gasteiger partial charge in [0.2, 0.25) is 0 Å². The van der Waals surface area contributed by atoms with Gasteiger partial charge in [-0.2, -0.15) is 0 Å². The van der Waals surface area contributed by atoms with Crippen LogP contribution in [0.1, 0.15) is 32.6 Å². The Morgan fingerprint density at radius 1 is 1.00 bits per heavy atom. The third-order valence-corrected chi connectivity index (χ3v) is 8.26. The summed E-state index contributed by atoms with van der Waals surface area (Å²) >= 11 is 0. The first-order valence-corrected chi connectivity index (χ1v) is 14.3. The van der Waals surface area contributed by atoms with Crippen molar-refractivity contribution in [3.63, 3.8) is 0 Å². The average Bonchev–Trinajstić information content (AvgIpc) is 3.22. The number of methoxy groups -OCH3 is 1. The van der Waals surface area contributed by atoms with E-state index in [2.05, 4.69) is 39.0 Å². The van der Waals surface area contributed by atoms with Gasteiger partial charge in [-0.1, -0.05) is 30.3 Å². The van der Waals surface area contributed by atoms with E-state index in [1.807, 2.05) is 7.05 Å². The van der Waals surface area contributed by atoms with Gasteiger partial charge in [-0.3, -0.25) is 4.79 Å². The van der Waals surface area contributed by atoms with Crippen LogP contribution in [0.2, 0.25) is 0 Å². The third-order valence-electron chi connectivity index (χ3n) is 6.77. The molecule has 1 aromatic heterocycles. The Labute approximate surface area is 234 Å². The van der Waals surface area contributed by atoms with Crippen molar-refractivity contribution in [2.45, 2.75) is 24.7 Å². The van der Waals surface area contributed by atoms with Crippen molar-refractivity contribution >= 4 is 32.9 Å². The van der Waals surface area contributed by atoms with Crippen molar-refractivity contribution in [2.24, 2.45) is 7.05 Å². The predicted molar refractivity (Wildman–Crippen MR) is 155 cm³/mol. The first kappa shape index (κ1) is 28.7. The van der Waals surface area contributed by atoms with Gasteiger partial charge in [-0.05, 0) is 65.9 Å². The lowest BCUT2D eigenvalue weighted by atomic mass is 10.00. The summed E-state index contributed by atoms with van der Waals surface area (Å²) < 4.78 is 35.4. The zero-order valence-electron chi connectivity index (χ0n) is 23.3. The van der Waals surface area contributed by atoms with Gasteiger partial charge in [-0.15, -0.1) is 0 Å². The summed E-state index contributed by atoms with van der Waals surface area (Å²) in [5, 5.41) is 3.98. The van der Waals surface area contributed by atoms with E-state index in [1.165, 1.54) is 18.1 Å². The van der Waals surface area contributed by atoms with Crippen molar-refractivity contribution in [1.82, 2.24) is 19.5 Å². The first-order valence-electron chi connectivity index (χ1n) is 12.8. The van der Waals surface area contributed by atoms with E-state index in [0.717, 1.165) is 27.6 Å². The van der Waals surface area contributed by atoms with E-state index in [-0.39, 0.29) is 16.5 Å². The van der Waals surface area contributed by atoms with Crippen LogP contribution in [0.5, 0.6) is 5.75 Å². The fourth-order valence-corrected chi connectivity index (χ4v) is 5.84. The Bertz CT molecular complexity index is 1670. The van der Waals surface area contributed by atoms with Crippen LogP contribution < -0.4 is 14.8 Å². The smallest absolute Gasteiger partial charge is 0.316 e. The first-order chi connectivity index (χ1) is 19.0. The molecular formula is C30H34N4O5S. The topological polar surface area (TPSA) is 110 Å². The minimum atomic E-state index is -4.03. The number of nitrogens with zero attached hydrogens (tertiary/aromatic N) is 2. The van der Waals surface area contributed by atoms with Gasteiger partial charge in [-0.25, -0.2) is 17.9 Å². The molecule has 0 spiro atoms. The molecule has 0 atom stereocenters. The van der Waals surface area contributed by atoms with Crippen LogP contribution in [0.4, 0.5) is 4.79 Å². The maximum Gasteiger partial charge on any atom is 0.316 e. The lowest BCUT2D eigenvalue weighted by molar-refractivity contribution is 0.0981. The fraction of sp³-hybridized carbons (Fsp3) is 0.267. The molecule has 4 aromatic rings. The van der Waals surface area contributed by atoms with E-state index in [1.54, 1.807) is 57.4 Å². The van der Waals surface area contributed by atoms with Gasteiger partial charge in [0.25, 0.3) is 15.9 Å². The number of ether oxygens (including phenoxy) is 1. The van der Waals surface area contributed by atoms with Crippen molar-refractivity contribution < 1.29 is 22.7 Å². The molecule has 0 aliphatic heterocycles. The van der Waals surface area contributed by atoms with Gasteiger partial charge < -0.3 is 19.5 Å². The SMILES string of the molecule is COc1cc(C(=O)NS(=O)(=O)c2ccccc2C)ccc1Cc1cn(C)c2ccc(CCNC(=O)N(C)C)cc12. The number of carbonyl (C=O) groups is 2. The summed E-state index contributed by atoms with van der Waals surface area (Å²) in [7, 11) is 2.90. The number of nitrogens with one attached hydrogen (secondary N) is 2. The summed E-state index contributed by atoms with van der Waals surface area (Å²) in [5.74, 6) is -0.246. The fourth-order valence-electron chi connectivity index (χ4n) is 4.62. The predicted octanol–water partition coefficient (Wildman–Crippen LogP) is 4.02. The molecule has 0 bridgehead atoms. The summed E-state index contributed by atoms with van der Waals surface area (Å²) in [5.41, 5.74) is 4.84. The highest BCUT2D eigenvalue weighted by Gasteiger charge is 2.21. The molecule has 0 saturated heterocycles. The highest BCUT2D eigenvalue weighted by atomic mass is 32.2. The molecular weight excluding hydrogens is 528 g/mol. The summed E-state index contributed by atoms with van der Waals surface area (Å²) in [4.78, 5) is 26.3. The minimum Gasteiger partial charge on any atom is -0.496 e. The monoisotopic (exact) mass is 562 g/mol. The van der Waals surface area contributed by atoms with Crippen LogP contribution in [-0.4, -0.2) is 57.6 Å². The standard InChI is InChI=1S/C30H34N4O5S/c1-20-8-6-7-9-28(20)40(37,38)32-29(35)23-12-11-22(27(18-23)39-5)17-24-19-34(4)26-13-10-21(16-25(24)26)14-15-31-30(36)33(2)3/h6-13,16,18-19H,14-15,17H2,1-5H3,(H,31,36)(H,32,35). The second-order valence-electron chi connectivity index (χ2n) is 9.90. The van der Waals surface area contributed by atoms with Gasteiger partial charge in [0.15, 0.2) is 0 Å². The average molecular weight is 563 g/mol. The van der Waals surface area contributed by atoms with Crippen LogP contribution in [-0.2, 0) is 29.9 Å². The summed E-state index contributed by atoms with van der Waals surface area (Å²) in [6.45, 7) is 2.21. The van der Waals surface area contributed by atoms with Crippen LogP contribution in [0, 0.1) is 6.92 Å². The summed E-state index contributed by atoms with van der Waals surface area (Å²) in [6.07, 6.45) is 3.31. The number of carbonyl (C=O) groups excluding carboxylic acids is 2. The third kappa shape index (κ3) is 6.28. The molecule has 2 N–H and O–H groups in total. The maximum atomic E-state index is 12.9. The van der Waals surface area contributed by atoms with Crippen molar-refractivity contribution in [2.75, 3.05) is 27.7 Å². The molecule has 3 amide bonds. The van der Waals surface area contributed by atoms with Crippen molar-refractivity contribution in [3.8, 4) is 5.75 Å². The number of benzene rings is 3. The number of sulfonamides is 1. The number of rotatable bonds is 9. The van der Waals surface area contributed by atoms with Crippen LogP contribution in [0.15, 0.2) is 71.8 Å². The van der Waals surface area contributed by atoms with E-state index in [9.17, 15) is 18.0 Å². The highest BCUT2D eigenvalue weighted by Crippen LogP contribution is 2.29. The number of hydrogen-bond donors (Lipinski definition) is 2. The normalized spacial score (nSPS) is 11.3. The molecule has 0 aliphatic carbocycles. The van der Waals surface area contributed by atoms with Crippen molar-refractivity contribution in [3.05, 3.63) is 94.7 Å². The second kappa shape index (κ2) is 11.8. The molecule has 0 fully saturated rings. The molecule has 40 heavy (non-hydrogen) atoms. The molecule has 1 heterocycles. The molecule has 0 unspecified atom stereocenters. The van der Waals surface area contributed by atoms with Gasteiger partial charge >= 0.3 is 6.03 Å². The van der Waals surface area contributed by atoms with E-state index >= 15 is 0 Å². The molecule has 210 valence electrons. The van der Waals surface area contributed by atoms with Crippen LogP contribution >= 0.6 is 0 Å². The van der Waals surface area contributed by atoms with Crippen LogP contribution in [0.3, 0.4) is 0 Å². The molecule has 9 nitrogen and oxygen atoms in total. The number of hydrogen-bond acceptors (Lipinski definition) is 5. The Morgan fingerprint density at radius 2 is 1.75 bits per heavy atom. The molecule has 0 radical (unpaired) electrons. The molecule has 0 saturated carbocycles. The number of urea groups is 1. The van der Waals surface area contributed by atoms with Gasteiger partial charge in [0, 0.05) is 56.8 Å². The minimum absolute atomic E-state index is 0.0577. The Kier molecular flexibility index (Phi) is 8.49. The van der Waals surface area contributed by atoms with E-state index in [4.69, 9.17) is 4.74 Å². The number of aryl methyl sites for hydroxylation is 2. The van der Waals surface area contributed by atoms with Gasteiger partial charge in [0.05, 0.1) is 12.0 Å². The zero-order valence-corrected chi connectivity index (χ0v) is 24.1. The number of amides is 3. The van der Waals surface area contributed by atoms with Crippen molar-refractivity contribution in [1.29, 1.82) is 0 Å². The lowest BCUT2D eigenvalue weighted by Gasteiger charge is -2.13. The van der Waals surface area contributed by atoms with Gasteiger partial charge in [0.1, 0.15) is 5.75 Å². The molecule has 10 heteroatoms. The maximum absolute atomic E-state index is 12.9. The lowest BCUT2D eigenvalue weighted by Crippen LogP contribution is -2.35. The van der Waals surface area contributed by atoms with E-state index < -0.39 is 15.9 Å².